The number of ketones is 1. The average Bonchev–Trinajstić information content (AvgIpc) is 2.70. The fourth-order valence-corrected chi connectivity index (χ4v) is 3.83. The zero-order valence-corrected chi connectivity index (χ0v) is 17.3. The Hall–Kier alpha value is -2.93. The molecule has 2 rings (SSSR count). The Morgan fingerprint density at radius 1 is 1.13 bits per heavy atom. The van der Waals surface area contributed by atoms with Crippen molar-refractivity contribution >= 4 is 17.7 Å². The van der Waals surface area contributed by atoms with Crippen LogP contribution in [0.5, 0.6) is 5.75 Å². The van der Waals surface area contributed by atoms with Gasteiger partial charge in [0.2, 0.25) is 0 Å². The highest BCUT2D eigenvalue weighted by Gasteiger charge is 2.57. The fraction of sp³-hybridized carbons (Fsp3) is 0.435. The van der Waals surface area contributed by atoms with E-state index in [2.05, 4.69) is 13.2 Å². The van der Waals surface area contributed by atoms with Crippen LogP contribution >= 0.6 is 0 Å². The number of carbonyl (C=O) groups is 3. The van der Waals surface area contributed by atoms with Gasteiger partial charge in [-0.05, 0) is 31.5 Å². The van der Waals surface area contributed by atoms with Crippen LogP contribution in [0.4, 0.5) is 0 Å². The summed E-state index contributed by atoms with van der Waals surface area (Å²) in [5.41, 5.74) is -1.18. The second-order valence-electron chi connectivity index (χ2n) is 7.32. The molecule has 1 saturated carbocycles. The second kappa shape index (κ2) is 10.2. The van der Waals surface area contributed by atoms with Crippen LogP contribution < -0.4 is 4.74 Å². The molecule has 0 amide bonds. The average molecular weight is 416 g/mol. The second-order valence-corrected chi connectivity index (χ2v) is 7.32. The smallest absolute Gasteiger partial charge is 0.317 e. The van der Waals surface area contributed by atoms with Crippen molar-refractivity contribution in [1.82, 2.24) is 0 Å². The molecule has 1 aromatic rings. The van der Waals surface area contributed by atoms with Crippen molar-refractivity contribution in [3.8, 4) is 5.75 Å². The zero-order chi connectivity index (χ0) is 22.3. The molecule has 0 spiro atoms. The van der Waals surface area contributed by atoms with Gasteiger partial charge in [0.05, 0.1) is 18.1 Å². The molecule has 1 fully saturated rings. The first-order valence-corrected chi connectivity index (χ1v) is 9.79. The Morgan fingerprint density at radius 2 is 1.70 bits per heavy atom. The van der Waals surface area contributed by atoms with Gasteiger partial charge in [-0.1, -0.05) is 37.4 Å². The molecule has 0 saturated heterocycles. The highest BCUT2D eigenvalue weighted by molar-refractivity contribution is 6.02. The summed E-state index contributed by atoms with van der Waals surface area (Å²) in [7, 11) is 0. The Morgan fingerprint density at radius 3 is 2.23 bits per heavy atom. The molecule has 0 radical (unpaired) electrons. The van der Waals surface area contributed by atoms with Gasteiger partial charge in [-0.3, -0.25) is 14.4 Å². The lowest BCUT2D eigenvalue weighted by Crippen LogP contribution is -2.55. The lowest BCUT2D eigenvalue weighted by Gasteiger charge is -2.43. The van der Waals surface area contributed by atoms with Gasteiger partial charge < -0.3 is 19.3 Å². The lowest BCUT2D eigenvalue weighted by atomic mass is 9.61. The minimum Gasteiger partial charge on any atom is -0.494 e. The SMILES string of the molecule is C=CCOC(=O)[C@@H]1C(=O)C[C@@](C)(O)[C@H](C(=O)OCC=C)[C@@H]1c1ccc(OCC)cc1. The maximum absolute atomic E-state index is 12.9. The monoisotopic (exact) mass is 416 g/mol. The summed E-state index contributed by atoms with van der Waals surface area (Å²) in [4.78, 5) is 38.5. The predicted molar refractivity (Wildman–Crippen MR) is 110 cm³/mol. The maximum Gasteiger partial charge on any atom is 0.317 e. The van der Waals surface area contributed by atoms with Gasteiger partial charge in [0.25, 0.3) is 0 Å². The van der Waals surface area contributed by atoms with Crippen molar-refractivity contribution in [2.75, 3.05) is 19.8 Å². The topological polar surface area (TPSA) is 99.1 Å². The van der Waals surface area contributed by atoms with E-state index in [-0.39, 0.29) is 19.6 Å². The van der Waals surface area contributed by atoms with Crippen LogP contribution in [0.25, 0.3) is 0 Å². The van der Waals surface area contributed by atoms with Crippen molar-refractivity contribution in [2.45, 2.75) is 31.8 Å². The zero-order valence-electron chi connectivity index (χ0n) is 17.3. The Kier molecular flexibility index (Phi) is 7.94. The van der Waals surface area contributed by atoms with Gasteiger partial charge in [-0.15, -0.1) is 0 Å². The van der Waals surface area contributed by atoms with Crippen LogP contribution in [-0.4, -0.2) is 48.3 Å². The van der Waals surface area contributed by atoms with E-state index >= 15 is 0 Å². The van der Waals surface area contributed by atoms with Crippen LogP contribution in [-0.2, 0) is 23.9 Å². The number of esters is 2. The molecule has 7 nitrogen and oxygen atoms in total. The molecule has 1 N–H and O–H groups in total. The Labute approximate surface area is 176 Å². The summed E-state index contributed by atoms with van der Waals surface area (Å²) in [6.45, 7) is 10.6. The van der Waals surface area contributed by atoms with Crippen molar-refractivity contribution in [2.24, 2.45) is 11.8 Å². The standard InChI is InChI=1S/C23H28O7/c1-5-12-29-21(25)19-17(24)14-23(4,27)20(22(26)30-13-6-2)18(19)15-8-10-16(11-9-15)28-7-3/h5-6,8-11,18-20,27H,1-2,7,12-14H2,3-4H3/t18-,19-,20+,23-/m1/s1. The number of hydrogen-bond acceptors (Lipinski definition) is 7. The van der Waals surface area contributed by atoms with Gasteiger partial charge >= 0.3 is 11.9 Å². The largest absolute Gasteiger partial charge is 0.494 e. The van der Waals surface area contributed by atoms with E-state index in [1.165, 1.54) is 19.1 Å². The maximum atomic E-state index is 12.9. The quantitative estimate of drug-likeness (QED) is 0.375. The minimum absolute atomic E-state index is 0.0546. The number of carbonyl (C=O) groups excluding carboxylic acids is 3. The highest BCUT2D eigenvalue weighted by atomic mass is 16.5. The number of hydrogen-bond donors (Lipinski definition) is 1. The van der Waals surface area contributed by atoms with Crippen LogP contribution in [0.1, 0.15) is 31.7 Å². The van der Waals surface area contributed by atoms with E-state index in [4.69, 9.17) is 14.2 Å². The van der Waals surface area contributed by atoms with Crippen molar-refractivity contribution < 1.29 is 33.7 Å². The number of ether oxygens (including phenoxy) is 3. The molecule has 0 aliphatic heterocycles. The summed E-state index contributed by atoms with van der Waals surface area (Å²) >= 11 is 0. The fourth-order valence-electron chi connectivity index (χ4n) is 3.83. The summed E-state index contributed by atoms with van der Waals surface area (Å²) in [6.07, 6.45) is 2.42. The van der Waals surface area contributed by atoms with Crippen LogP contribution in [0.2, 0.25) is 0 Å². The van der Waals surface area contributed by atoms with Crippen molar-refractivity contribution in [3.05, 3.63) is 55.1 Å². The van der Waals surface area contributed by atoms with E-state index in [9.17, 15) is 19.5 Å². The van der Waals surface area contributed by atoms with Gasteiger partial charge in [-0.2, -0.15) is 0 Å². The van der Waals surface area contributed by atoms with E-state index in [1.807, 2.05) is 6.92 Å². The summed E-state index contributed by atoms with van der Waals surface area (Å²) in [5, 5.41) is 11.0. The molecule has 0 bridgehead atoms. The number of benzene rings is 1. The Bertz CT molecular complexity index is 794. The molecule has 0 unspecified atom stereocenters. The molecule has 1 aromatic carbocycles. The van der Waals surface area contributed by atoms with E-state index in [1.54, 1.807) is 24.3 Å². The molecule has 1 aliphatic carbocycles. The predicted octanol–water partition coefficient (Wildman–Crippen LogP) is 2.58. The van der Waals surface area contributed by atoms with Crippen molar-refractivity contribution in [1.29, 1.82) is 0 Å². The third-order valence-corrected chi connectivity index (χ3v) is 5.04. The summed E-state index contributed by atoms with van der Waals surface area (Å²) < 4.78 is 15.8. The van der Waals surface area contributed by atoms with E-state index in [0.29, 0.717) is 17.9 Å². The number of rotatable bonds is 9. The molecular formula is C23H28O7. The molecule has 4 atom stereocenters. The first-order valence-electron chi connectivity index (χ1n) is 9.79. The molecule has 30 heavy (non-hydrogen) atoms. The van der Waals surface area contributed by atoms with Crippen LogP contribution in [0.3, 0.4) is 0 Å². The van der Waals surface area contributed by atoms with Gasteiger partial charge in [0.15, 0.2) is 5.78 Å². The lowest BCUT2D eigenvalue weighted by molar-refractivity contribution is -0.171. The van der Waals surface area contributed by atoms with Gasteiger partial charge in [0, 0.05) is 12.3 Å². The first kappa shape index (κ1) is 23.3. The third-order valence-electron chi connectivity index (χ3n) is 5.04. The highest BCUT2D eigenvalue weighted by Crippen LogP contribution is 2.47. The van der Waals surface area contributed by atoms with E-state index in [0.717, 1.165) is 0 Å². The normalized spacial score (nSPS) is 25.8. The van der Waals surface area contributed by atoms with Crippen molar-refractivity contribution in [3.63, 3.8) is 0 Å². The number of aliphatic hydroxyl groups is 1. The van der Waals surface area contributed by atoms with Crippen LogP contribution in [0, 0.1) is 11.8 Å². The number of Topliss-reactive ketones (excluding diaryl/α,β-unsaturated/α-hetero) is 1. The summed E-state index contributed by atoms with van der Waals surface area (Å²) in [6, 6.07) is 6.72. The molecule has 0 aromatic heterocycles. The third kappa shape index (κ3) is 5.16. The molecule has 0 heterocycles. The summed E-state index contributed by atoms with van der Waals surface area (Å²) in [5.74, 6) is -4.76. The molecule has 1 aliphatic rings. The Balaban J connectivity index is 2.55. The molecule has 162 valence electrons. The first-order chi connectivity index (χ1) is 14.3. The molecular weight excluding hydrogens is 388 g/mol. The van der Waals surface area contributed by atoms with Gasteiger partial charge in [0.1, 0.15) is 24.9 Å². The van der Waals surface area contributed by atoms with Crippen LogP contribution in [0.15, 0.2) is 49.6 Å². The molecule has 7 heteroatoms. The van der Waals surface area contributed by atoms with Gasteiger partial charge in [-0.25, -0.2) is 0 Å². The van der Waals surface area contributed by atoms with E-state index < -0.39 is 41.1 Å². The minimum atomic E-state index is -1.70.